The average molecular weight is 664 g/mol. The maximum atomic E-state index is 13.3. The van der Waals surface area contributed by atoms with Crippen LogP contribution in [0, 0.1) is 10.1 Å². The molecule has 1 aromatic carbocycles. The van der Waals surface area contributed by atoms with E-state index in [1.807, 2.05) is 23.4 Å². The van der Waals surface area contributed by atoms with Gasteiger partial charge in [-0.25, -0.2) is 13.5 Å². The van der Waals surface area contributed by atoms with E-state index >= 15 is 0 Å². The summed E-state index contributed by atoms with van der Waals surface area (Å²) in [7, 11) is 4.17. The average Bonchev–Trinajstić information content (AvgIpc) is 3.32. The van der Waals surface area contributed by atoms with Crippen LogP contribution in [-0.2, 0) is 38.8 Å². The molecule has 1 atom stereocenters. The van der Waals surface area contributed by atoms with Crippen molar-refractivity contribution in [2.45, 2.75) is 63.3 Å². The smallest absolute Gasteiger partial charge is 0.294 e. The lowest BCUT2D eigenvalue weighted by molar-refractivity contribution is -0.757. The van der Waals surface area contributed by atoms with Crippen LogP contribution in [0.25, 0.3) is 22.4 Å². The first-order valence-corrected chi connectivity index (χ1v) is 16.6. The Morgan fingerprint density at radius 1 is 1.22 bits per heavy atom. The number of methoxy groups -OCH3 is 1. The van der Waals surface area contributed by atoms with Gasteiger partial charge in [-0.15, -0.1) is 10.1 Å². The van der Waals surface area contributed by atoms with Crippen LogP contribution >= 0.6 is 0 Å². The molecule has 1 aliphatic heterocycles. The molecule has 0 bridgehead atoms. The van der Waals surface area contributed by atoms with Gasteiger partial charge in [0.25, 0.3) is 10.6 Å². The predicted molar refractivity (Wildman–Crippen MR) is 173 cm³/mol. The molecule has 1 aliphatic rings. The number of aldehydes is 1. The van der Waals surface area contributed by atoms with Crippen molar-refractivity contribution in [1.29, 1.82) is 0 Å². The summed E-state index contributed by atoms with van der Waals surface area (Å²) in [5.74, 6) is 0.966. The van der Waals surface area contributed by atoms with Gasteiger partial charge in [0, 0.05) is 46.3 Å². The SMILES string of the molecule is CCCc1nn(C)c2c(=O)[nH]c(-c3cc(S(=O)N4CC(N(C)CCOC)C4)ccc3OCC)nc12.O=CCCCCCO[N+](=O)[O-]. The number of carbonyl (C=O) groups is 1. The molecule has 0 amide bonds. The highest BCUT2D eigenvalue weighted by Gasteiger charge is 2.34. The van der Waals surface area contributed by atoms with Crippen LogP contribution in [0.1, 0.15) is 51.6 Å². The first-order chi connectivity index (χ1) is 22.1. The normalized spacial score (nSPS) is 14.0. The van der Waals surface area contributed by atoms with E-state index in [0.29, 0.717) is 78.3 Å². The number of nitrogens with zero attached hydrogens (tertiary/aromatic N) is 6. The number of H-pyrrole nitrogens is 1. The van der Waals surface area contributed by atoms with Gasteiger partial charge in [-0.3, -0.25) is 14.4 Å². The van der Waals surface area contributed by atoms with Crippen LogP contribution in [0.15, 0.2) is 27.9 Å². The van der Waals surface area contributed by atoms with Gasteiger partial charge >= 0.3 is 0 Å². The molecule has 0 aliphatic carbocycles. The Bertz CT molecular complexity index is 1520. The monoisotopic (exact) mass is 663 g/mol. The fraction of sp³-hybridized carbons (Fsp3) is 0.600. The molecule has 46 heavy (non-hydrogen) atoms. The molecule has 4 rings (SSSR count). The maximum Gasteiger partial charge on any atom is 0.294 e. The van der Waals surface area contributed by atoms with Gasteiger partial charge in [0.1, 0.15) is 34.4 Å². The number of likely N-dealkylation sites (N-methyl/N-ethyl adjacent to an activating group) is 1. The molecule has 3 heterocycles. The fourth-order valence-electron chi connectivity index (χ4n) is 4.91. The van der Waals surface area contributed by atoms with Crippen LogP contribution < -0.4 is 10.3 Å². The highest BCUT2D eigenvalue weighted by atomic mass is 32.2. The molecule has 254 valence electrons. The Morgan fingerprint density at radius 2 is 1.98 bits per heavy atom. The third-order valence-corrected chi connectivity index (χ3v) is 8.88. The molecule has 0 radical (unpaired) electrons. The minimum atomic E-state index is -1.33. The second-order valence-electron chi connectivity index (χ2n) is 10.8. The van der Waals surface area contributed by atoms with Gasteiger partial charge in [0.05, 0.1) is 36.0 Å². The lowest BCUT2D eigenvalue weighted by Gasteiger charge is -2.42. The van der Waals surface area contributed by atoms with Crippen molar-refractivity contribution in [3.8, 4) is 17.1 Å². The Morgan fingerprint density at radius 3 is 2.63 bits per heavy atom. The van der Waals surface area contributed by atoms with E-state index < -0.39 is 16.1 Å². The Hall–Kier alpha value is -3.73. The van der Waals surface area contributed by atoms with E-state index in [0.717, 1.165) is 44.2 Å². The van der Waals surface area contributed by atoms with Crippen molar-refractivity contribution < 1.29 is 28.4 Å². The number of aromatic nitrogens is 4. The molecule has 1 unspecified atom stereocenters. The summed E-state index contributed by atoms with van der Waals surface area (Å²) in [6, 6.07) is 5.77. The van der Waals surface area contributed by atoms with Crippen LogP contribution in [0.3, 0.4) is 0 Å². The predicted octanol–water partition coefficient (Wildman–Crippen LogP) is 2.91. The van der Waals surface area contributed by atoms with Crippen molar-refractivity contribution >= 4 is 28.3 Å². The van der Waals surface area contributed by atoms with E-state index in [1.165, 1.54) is 0 Å². The van der Waals surface area contributed by atoms with E-state index in [4.69, 9.17) is 14.5 Å². The Kier molecular flexibility index (Phi) is 14.7. The molecule has 0 spiro atoms. The van der Waals surface area contributed by atoms with Crippen LogP contribution in [-0.4, -0.2) is 104 Å². The van der Waals surface area contributed by atoms with Crippen molar-refractivity contribution in [3.05, 3.63) is 44.4 Å². The minimum Gasteiger partial charge on any atom is -0.493 e. The van der Waals surface area contributed by atoms with E-state index in [1.54, 1.807) is 24.9 Å². The molecule has 16 heteroatoms. The highest BCUT2D eigenvalue weighted by Crippen LogP contribution is 2.32. The fourth-order valence-corrected chi connectivity index (χ4v) is 6.22. The molecule has 0 saturated carbocycles. The zero-order valence-electron chi connectivity index (χ0n) is 27.2. The number of carbonyl (C=O) groups excluding carboxylic acids is 1. The largest absolute Gasteiger partial charge is 0.493 e. The Labute approximate surface area is 270 Å². The van der Waals surface area contributed by atoms with Crippen LogP contribution in [0.5, 0.6) is 5.75 Å². The first kappa shape index (κ1) is 36.7. The van der Waals surface area contributed by atoms with E-state index in [-0.39, 0.29) is 12.2 Å². The lowest BCUT2D eigenvalue weighted by atomic mass is 10.1. The summed E-state index contributed by atoms with van der Waals surface area (Å²) in [6.07, 6.45) is 5.20. The molecular weight excluding hydrogens is 618 g/mol. The molecule has 1 N–H and O–H groups in total. The first-order valence-electron chi connectivity index (χ1n) is 15.4. The van der Waals surface area contributed by atoms with Crippen LogP contribution in [0.2, 0.25) is 0 Å². The van der Waals surface area contributed by atoms with Gasteiger partial charge in [-0.2, -0.15) is 5.10 Å². The zero-order chi connectivity index (χ0) is 33.6. The second kappa shape index (κ2) is 18.4. The quantitative estimate of drug-likeness (QED) is 0.0917. The van der Waals surface area contributed by atoms with Crippen molar-refractivity contribution in [2.24, 2.45) is 7.05 Å². The molecule has 1 fully saturated rings. The number of unbranched alkanes of at least 4 members (excludes halogenated alkanes) is 3. The summed E-state index contributed by atoms with van der Waals surface area (Å²) >= 11 is 0. The van der Waals surface area contributed by atoms with E-state index in [2.05, 4.69) is 33.8 Å². The summed E-state index contributed by atoms with van der Waals surface area (Å²) in [4.78, 5) is 47.0. The van der Waals surface area contributed by atoms with Crippen molar-refractivity contribution in [3.63, 3.8) is 0 Å². The minimum absolute atomic E-state index is 0.131. The van der Waals surface area contributed by atoms with Crippen molar-refractivity contribution in [2.75, 3.05) is 53.6 Å². The lowest BCUT2D eigenvalue weighted by Crippen LogP contribution is -2.58. The molecule has 15 nitrogen and oxygen atoms in total. The van der Waals surface area contributed by atoms with E-state index in [9.17, 15) is 23.9 Å². The third-order valence-electron chi connectivity index (χ3n) is 7.45. The summed E-state index contributed by atoms with van der Waals surface area (Å²) in [5.41, 5.74) is 2.17. The van der Waals surface area contributed by atoms with Gasteiger partial charge in [0.15, 0.2) is 5.52 Å². The topological polar surface area (TPSA) is 175 Å². The molecule has 1 saturated heterocycles. The van der Waals surface area contributed by atoms with Gasteiger partial charge in [-0.1, -0.05) is 19.8 Å². The zero-order valence-corrected chi connectivity index (χ0v) is 28.0. The summed E-state index contributed by atoms with van der Waals surface area (Å²) < 4.78 is 27.8. The molecule has 3 aromatic rings. The van der Waals surface area contributed by atoms with Gasteiger partial charge in [0.2, 0.25) is 0 Å². The number of aromatic amines is 1. The maximum absolute atomic E-state index is 13.3. The van der Waals surface area contributed by atoms with Gasteiger partial charge < -0.3 is 24.1 Å². The number of hydrogen-bond donors (Lipinski definition) is 1. The van der Waals surface area contributed by atoms with Gasteiger partial charge in [-0.05, 0) is 51.4 Å². The Balaban J connectivity index is 0.000000449. The summed E-state index contributed by atoms with van der Waals surface area (Å²) in [5, 5.41) is 13.3. The number of rotatable bonds is 18. The number of hydrogen-bond acceptors (Lipinski definition) is 11. The number of fused-ring (bicyclic) bond motifs is 1. The molecule has 2 aromatic heterocycles. The van der Waals surface area contributed by atoms with Crippen molar-refractivity contribution in [1.82, 2.24) is 29.0 Å². The highest BCUT2D eigenvalue weighted by molar-refractivity contribution is 7.82. The number of ether oxygens (including phenoxy) is 2. The number of nitrogens with one attached hydrogen (secondary N) is 1. The third kappa shape index (κ3) is 9.88. The number of benzene rings is 1. The second-order valence-corrected chi connectivity index (χ2v) is 12.3. The number of aryl methyl sites for hydroxylation is 2. The van der Waals surface area contributed by atoms with Crippen LogP contribution in [0.4, 0.5) is 0 Å². The summed E-state index contributed by atoms with van der Waals surface area (Å²) in [6.45, 7) is 7.49. The molecular formula is C30H45N7O8S. The standard InChI is InChI=1S/C24H34N6O4S.C6H11NO4/c1-6-8-19-21-22(29(4)27-19)24(31)26-23(25-21)18-13-17(9-10-20(18)34-7-2)35(32)30-14-16(15-30)28(3)11-12-33-5;8-5-3-1-2-4-6-11-7(9)10/h9-10,13,16H,6-8,11-12,14-15H2,1-5H3,(H,25,26,31);5H,1-4,6H2.